The number of fused-ring (bicyclic) bond motifs is 1. The topological polar surface area (TPSA) is 54.6 Å². The molecule has 5 heteroatoms. The minimum absolute atomic E-state index is 0.00107. The molecule has 0 atom stereocenters. The average molecular weight is 334 g/mol. The number of aromatic nitrogens is 2. The lowest BCUT2D eigenvalue weighted by atomic mass is 10.1. The Morgan fingerprint density at radius 2 is 1.62 bits per heavy atom. The van der Waals surface area contributed by atoms with Crippen LogP contribution >= 0.6 is 11.3 Å². The van der Waals surface area contributed by atoms with Gasteiger partial charge in [0.2, 0.25) is 0 Å². The fourth-order valence-corrected chi connectivity index (χ4v) is 3.90. The van der Waals surface area contributed by atoms with Gasteiger partial charge < -0.3 is 5.11 Å². The van der Waals surface area contributed by atoms with Crippen molar-refractivity contribution in [2.24, 2.45) is 0 Å². The van der Waals surface area contributed by atoms with Crippen LogP contribution in [0.3, 0.4) is 0 Å². The van der Waals surface area contributed by atoms with E-state index in [4.69, 9.17) is 0 Å². The molecule has 0 fully saturated rings. The molecule has 4 nitrogen and oxygen atoms in total. The van der Waals surface area contributed by atoms with E-state index in [1.807, 2.05) is 71.3 Å². The smallest absolute Gasteiger partial charge is 0.308 e. The second kappa shape index (κ2) is 5.94. The lowest BCUT2D eigenvalue weighted by molar-refractivity contribution is -0.136. The molecule has 2 heterocycles. The van der Waals surface area contributed by atoms with Crippen molar-refractivity contribution in [2.45, 2.75) is 6.42 Å². The molecule has 2 aromatic carbocycles. The van der Waals surface area contributed by atoms with Crippen LogP contribution in [0.25, 0.3) is 27.5 Å². The minimum Gasteiger partial charge on any atom is -0.481 e. The van der Waals surface area contributed by atoms with E-state index in [1.54, 1.807) is 0 Å². The molecule has 0 amide bonds. The second-order valence-corrected chi connectivity index (χ2v) is 6.52. The Balaban J connectivity index is 1.92. The quantitative estimate of drug-likeness (QED) is 0.603. The third-order valence-corrected chi connectivity index (χ3v) is 4.88. The first kappa shape index (κ1) is 14.7. The largest absolute Gasteiger partial charge is 0.481 e. The summed E-state index contributed by atoms with van der Waals surface area (Å²) in [5.41, 5.74) is 3.85. The number of benzene rings is 2. The molecule has 4 aromatic rings. The molecule has 0 bridgehead atoms. The van der Waals surface area contributed by atoms with Crippen LogP contribution in [0.15, 0.2) is 66.9 Å². The number of imidazole rings is 1. The summed E-state index contributed by atoms with van der Waals surface area (Å²) in [6.45, 7) is 0. The summed E-state index contributed by atoms with van der Waals surface area (Å²) in [6, 6.07) is 19.8. The van der Waals surface area contributed by atoms with Crippen molar-refractivity contribution in [3.05, 3.63) is 71.7 Å². The number of nitrogens with zero attached hydrogens (tertiary/aromatic N) is 2. The van der Waals surface area contributed by atoms with Crippen LogP contribution in [0.4, 0.5) is 0 Å². The fraction of sp³-hybridized carbons (Fsp3) is 0.0526. The number of rotatable bonds is 4. The molecule has 0 unspecified atom stereocenters. The average Bonchev–Trinajstić information content (AvgIpc) is 3.13. The van der Waals surface area contributed by atoms with E-state index in [9.17, 15) is 9.90 Å². The predicted octanol–water partition coefficient (Wildman–Crippen LogP) is 4.36. The van der Waals surface area contributed by atoms with Crippen LogP contribution in [-0.2, 0) is 11.2 Å². The third-order valence-electron chi connectivity index (χ3n) is 3.82. The molecular formula is C19H14N2O2S. The van der Waals surface area contributed by atoms with Crippen molar-refractivity contribution < 1.29 is 9.90 Å². The van der Waals surface area contributed by atoms with Gasteiger partial charge in [0, 0.05) is 16.6 Å². The highest BCUT2D eigenvalue weighted by molar-refractivity contribution is 7.17. The molecule has 0 spiro atoms. The summed E-state index contributed by atoms with van der Waals surface area (Å²) in [7, 11) is 0. The maximum atomic E-state index is 11.2. The van der Waals surface area contributed by atoms with Gasteiger partial charge in [0.15, 0.2) is 4.96 Å². The number of aliphatic carboxylic acids is 1. The first-order valence-corrected chi connectivity index (χ1v) is 8.37. The van der Waals surface area contributed by atoms with Gasteiger partial charge in [0.05, 0.1) is 17.8 Å². The van der Waals surface area contributed by atoms with Gasteiger partial charge in [-0.05, 0) is 5.56 Å². The number of hydrogen-bond donors (Lipinski definition) is 1. The summed E-state index contributed by atoms with van der Waals surface area (Å²) >= 11 is 1.43. The van der Waals surface area contributed by atoms with E-state index in [1.165, 1.54) is 11.3 Å². The first-order chi connectivity index (χ1) is 11.7. The van der Waals surface area contributed by atoms with Crippen LogP contribution < -0.4 is 0 Å². The zero-order chi connectivity index (χ0) is 16.5. The first-order valence-electron chi connectivity index (χ1n) is 7.56. The van der Waals surface area contributed by atoms with E-state index in [-0.39, 0.29) is 6.42 Å². The maximum absolute atomic E-state index is 11.2. The van der Waals surface area contributed by atoms with E-state index in [0.29, 0.717) is 0 Å². The Morgan fingerprint density at radius 1 is 1.00 bits per heavy atom. The Kier molecular flexibility index (Phi) is 3.63. The van der Waals surface area contributed by atoms with Crippen molar-refractivity contribution in [3.8, 4) is 22.5 Å². The number of carboxylic acids is 1. The lowest BCUT2D eigenvalue weighted by Crippen LogP contribution is -2.00. The highest BCUT2D eigenvalue weighted by Crippen LogP contribution is 2.34. The number of hydrogen-bond acceptors (Lipinski definition) is 3. The van der Waals surface area contributed by atoms with Gasteiger partial charge in [-0.15, -0.1) is 11.3 Å². The second-order valence-electron chi connectivity index (χ2n) is 5.46. The van der Waals surface area contributed by atoms with E-state index < -0.39 is 5.97 Å². The molecule has 0 aliphatic heterocycles. The summed E-state index contributed by atoms with van der Waals surface area (Å²) in [5.74, 6) is -0.833. The van der Waals surface area contributed by atoms with Gasteiger partial charge in [0.1, 0.15) is 0 Å². The number of thiazole rings is 1. The lowest BCUT2D eigenvalue weighted by Gasteiger charge is -2.03. The van der Waals surface area contributed by atoms with Crippen molar-refractivity contribution >= 4 is 22.3 Å². The minimum atomic E-state index is -0.833. The van der Waals surface area contributed by atoms with E-state index >= 15 is 0 Å². The van der Waals surface area contributed by atoms with E-state index in [0.717, 1.165) is 32.4 Å². The maximum Gasteiger partial charge on any atom is 0.308 e. The van der Waals surface area contributed by atoms with Crippen molar-refractivity contribution in [3.63, 3.8) is 0 Å². The van der Waals surface area contributed by atoms with Crippen molar-refractivity contribution in [1.29, 1.82) is 0 Å². The van der Waals surface area contributed by atoms with E-state index in [2.05, 4.69) is 4.98 Å². The summed E-state index contributed by atoms with van der Waals surface area (Å²) < 4.78 is 2.00. The zero-order valence-corrected chi connectivity index (χ0v) is 13.5. The Hall–Kier alpha value is -2.92. The highest BCUT2D eigenvalue weighted by Gasteiger charge is 2.18. The third kappa shape index (κ3) is 2.59. The molecule has 0 radical (unpaired) electrons. The fourth-order valence-electron chi connectivity index (χ4n) is 2.79. The van der Waals surface area contributed by atoms with Gasteiger partial charge >= 0.3 is 5.97 Å². The molecular weight excluding hydrogens is 320 g/mol. The molecule has 0 aliphatic carbocycles. The Morgan fingerprint density at radius 3 is 2.25 bits per heavy atom. The molecule has 24 heavy (non-hydrogen) atoms. The Labute approximate surface area is 142 Å². The number of carboxylic acid groups (broad SMARTS) is 1. The normalized spacial score (nSPS) is 11.0. The van der Waals surface area contributed by atoms with Crippen molar-refractivity contribution in [1.82, 2.24) is 9.38 Å². The van der Waals surface area contributed by atoms with Gasteiger partial charge in [-0.3, -0.25) is 9.20 Å². The molecule has 2 aromatic heterocycles. The standard InChI is InChI=1S/C19H14N2O2S/c22-17(23)11-16-18(14-9-5-2-6-10-14)21-12-15(20-19(21)24-16)13-7-3-1-4-8-13/h1-10,12H,11H2,(H,22,23). The summed E-state index contributed by atoms with van der Waals surface area (Å²) in [5, 5.41) is 9.21. The zero-order valence-electron chi connectivity index (χ0n) is 12.7. The van der Waals surface area contributed by atoms with Crippen LogP contribution in [0.2, 0.25) is 0 Å². The molecule has 0 aliphatic rings. The Bertz CT molecular complexity index is 1000. The molecule has 118 valence electrons. The van der Waals surface area contributed by atoms with Crippen LogP contribution in [0.5, 0.6) is 0 Å². The van der Waals surface area contributed by atoms with Crippen LogP contribution in [-0.4, -0.2) is 20.5 Å². The number of carbonyl (C=O) groups is 1. The molecule has 1 N–H and O–H groups in total. The molecule has 0 saturated carbocycles. The SMILES string of the molecule is O=C(O)Cc1sc2nc(-c3ccccc3)cn2c1-c1ccccc1. The predicted molar refractivity (Wildman–Crippen MR) is 95.3 cm³/mol. The van der Waals surface area contributed by atoms with Gasteiger partial charge in [-0.25, -0.2) is 4.98 Å². The van der Waals surface area contributed by atoms with Gasteiger partial charge in [-0.2, -0.15) is 0 Å². The van der Waals surface area contributed by atoms with Gasteiger partial charge in [0.25, 0.3) is 0 Å². The summed E-state index contributed by atoms with van der Waals surface area (Å²) in [6.07, 6.45) is 1.98. The molecule has 0 saturated heterocycles. The summed E-state index contributed by atoms with van der Waals surface area (Å²) in [4.78, 5) is 17.5. The molecule has 4 rings (SSSR count). The monoisotopic (exact) mass is 334 g/mol. The van der Waals surface area contributed by atoms with Crippen LogP contribution in [0, 0.1) is 0 Å². The van der Waals surface area contributed by atoms with Crippen molar-refractivity contribution in [2.75, 3.05) is 0 Å². The highest BCUT2D eigenvalue weighted by atomic mass is 32.1. The van der Waals surface area contributed by atoms with Crippen LogP contribution in [0.1, 0.15) is 4.88 Å². The van der Waals surface area contributed by atoms with Gasteiger partial charge in [-0.1, -0.05) is 60.7 Å².